The van der Waals surface area contributed by atoms with E-state index in [1.54, 1.807) is 43.7 Å². The van der Waals surface area contributed by atoms with Crippen LogP contribution in [0.1, 0.15) is 56.5 Å². The number of nitrogens with zero attached hydrogens (tertiary/aromatic N) is 3. The van der Waals surface area contributed by atoms with Crippen molar-refractivity contribution in [1.82, 2.24) is 14.8 Å². The van der Waals surface area contributed by atoms with Gasteiger partial charge in [-0.2, -0.15) is 0 Å². The Hall–Kier alpha value is -2.63. The number of likely N-dealkylation sites (N-methyl/N-ethyl adjacent to an activating group) is 1. The fraction of sp³-hybridized carbons (Fsp3) is 0.625. The number of hydrogen-bond donors (Lipinski definition) is 2. The summed E-state index contributed by atoms with van der Waals surface area (Å²) in [5.41, 5.74) is -0.451. The van der Waals surface area contributed by atoms with E-state index in [2.05, 4.69) is 16.8 Å². The predicted molar refractivity (Wildman–Crippen MR) is 119 cm³/mol. The van der Waals surface area contributed by atoms with Crippen molar-refractivity contribution < 1.29 is 24.5 Å². The molecule has 8 nitrogen and oxygen atoms in total. The molecule has 0 bridgehead atoms. The molecule has 0 saturated heterocycles. The molecule has 0 spiro atoms. The van der Waals surface area contributed by atoms with Crippen molar-refractivity contribution in [2.75, 3.05) is 26.7 Å². The molecule has 1 saturated carbocycles. The van der Waals surface area contributed by atoms with Crippen molar-refractivity contribution in [3.8, 4) is 17.7 Å². The quantitative estimate of drug-likeness (QED) is 0.665. The van der Waals surface area contributed by atoms with Crippen LogP contribution in [-0.4, -0.2) is 81.3 Å². The van der Waals surface area contributed by atoms with Gasteiger partial charge in [-0.05, 0) is 39.7 Å². The zero-order chi connectivity index (χ0) is 23.6. The highest BCUT2D eigenvalue weighted by atomic mass is 16.5. The van der Waals surface area contributed by atoms with Gasteiger partial charge < -0.3 is 24.7 Å². The summed E-state index contributed by atoms with van der Waals surface area (Å²) in [6.07, 6.45) is 3.00. The summed E-state index contributed by atoms with van der Waals surface area (Å²) in [5, 5.41) is 19.6. The third-order valence-corrected chi connectivity index (χ3v) is 5.79. The molecule has 8 heteroatoms. The van der Waals surface area contributed by atoms with Crippen molar-refractivity contribution >= 4 is 11.8 Å². The van der Waals surface area contributed by atoms with Crippen LogP contribution in [0, 0.1) is 23.7 Å². The molecule has 2 N–H and O–H groups in total. The minimum Gasteiger partial charge on any atom is -0.472 e. The topological polar surface area (TPSA) is 103 Å². The monoisotopic (exact) mass is 443 g/mol. The Labute approximate surface area is 189 Å². The molecular weight excluding hydrogens is 410 g/mol. The molecule has 1 fully saturated rings. The molecule has 32 heavy (non-hydrogen) atoms. The lowest BCUT2D eigenvalue weighted by molar-refractivity contribution is -0.132. The van der Waals surface area contributed by atoms with Gasteiger partial charge in [-0.15, -0.1) is 0 Å². The lowest BCUT2D eigenvalue weighted by Crippen LogP contribution is -2.50. The van der Waals surface area contributed by atoms with Crippen molar-refractivity contribution in [2.45, 2.75) is 58.3 Å². The molecule has 2 aliphatic rings. The van der Waals surface area contributed by atoms with E-state index in [0.717, 1.165) is 12.8 Å². The number of rotatable bonds is 5. The van der Waals surface area contributed by atoms with E-state index < -0.39 is 11.6 Å². The highest BCUT2D eigenvalue weighted by molar-refractivity contribution is 5.97. The maximum Gasteiger partial charge on any atom is 0.259 e. The molecule has 174 valence electrons. The van der Waals surface area contributed by atoms with E-state index >= 15 is 0 Å². The first-order valence-corrected chi connectivity index (χ1v) is 11.1. The number of aliphatic hydroxyl groups is 2. The van der Waals surface area contributed by atoms with Crippen LogP contribution in [0.5, 0.6) is 5.88 Å². The van der Waals surface area contributed by atoms with Gasteiger partial charge >= 0.3 is 0 Å². The first kappa shape index (κ1) is 24.0. The van der Waals surface area contributed by atoms with Crippen LogP contribution in [0.25, 0.3) is 0 Å². The third-order valence-electron chi connectivity index (χ3n) is 5.79. The lowest BCUT2D eigenvalue weighted by atomic mass is 9.99. The second-order valence-corrected chi connectivity index (χ2v) is 9.50. The minimum absolute atomic E-state index is 0.0907. The van der Waals surface area contributed by atoms with E-state index in [9.17, 15) is 19.8 Å². The van der Waals surface area contributed by atoms with Crippen LogP contribution in [0.15, 0.2) is 12.3 Å². The molecule has 0 aromatic carbocycles. The van der Waals surface area contributed by atoms with Gasteiger partial charge in [0.15, 0.2) is 0 Å². The molecule has 1 aromatic heterocycles. The average molecular weight is 444 g/mol. The number of ether oxygens (including phenoxy) is 1. The first-order valence-electron chi connectivity index (χ1n) is 11.1. The normalized spacial score (nSPS) is 22.0. The van der Waals surface area contributed by atoms with Gasteiger partial charge in [0.2, 0.25) is 11.8 Å². The Balaban J connectivity index is 1.96. The molecule has 1 aliphatic heterocycles. The molecule has 0 unspecified atom stereocenters. The molecule has 1 aliphatic carbocycles. The Morgan fingerprint density at radius 3 is 2.72 bits per heavy atom. The van der Waals surface area contributed by atoms with E-state index in [1.807, 2.05) is 6.92 Å². The average Bonchev–Trinajstić information content (AvgIpc) is 3.58. The van der Waals surface area contributed by atoms with E-state index in [-0.39, 0.29) is 47.8 Å². The maximum absolute atomic E-state index is 13.4. The highest BCUT2D eigenvalue weighted by Gasteiger charge is 2.37. The van der Waals surface area contributed by atoms with Gasteiger partial charge in [0, 0.05) is 37.2 Å². The fourth-order valence-corrected chi connectivity index (χ4v) is 3.62. The standard InChI is InChI=1S/C24H33N3O5/c1-15-12-27(16(2)14-28)23(30)19-10-17(8-9-24(3,4)31)11-25-21(19)32-20(15)13-26(5)22(29)18-6-7-18/h10-11,15-16,18,20,28,31H,6-7,12-14H2,1-5H3/t15-,16+,20+/m1/s1. The Bertz CT molecular complexity index is 926. The molecular formula is C24H33N3O5. The number of carbonyl (C=O) groups is 2. The number of carbonyl (C=O) groups excluding carboxylic acids is 2. The number of pyridine rings is 1. The van der Waals surface area contributed by atoms with Crippen molar-refractivity contribution in [3.05, 3.63) is 23.4 Å². The summed E-state index contributed by atoms with van der Waals surface area (Å²) in [5.74, 6) is 5.58. The Morgan fingerprint density at radius 1 is 1.44 bits per heavy atom. The second kappa shape index (κ2) is 9.47. The van der Waals surface area contributed by atoms with Crippen molar-refractivity contribution in [3.63, 3.8) is 0 Å². The van der Waals surface area contributed by atoms with Crippen molar-refractivity contribution in [1.29, 1.82) is 0 Å². The Morgan fingerprint density at radius 2 is 2.12 bits per heavy atom. The van der Waals surface area contributed by atoms with E-state index in [1.165, 1.54) is 6.20 Å². The highest BCUT2D eigenvalue weighted by Crippen LogP contribution is 2.32. The molecule has 3 atom stereocenters. The largest absolute Gasteiger partial charge is 0.472 e. The molecule has 2 heterocycles. The number of aliphatic hydroxyl groups excluding tert-OH is 1. The minimum atomic E-state index is -1.18. The first-order chi connectivity index (χ1) is 15.0. The van der Waals surface area contributed by atoms with E-state index in [4.69, 9.17) is 4.74 Å². The van der Waals surface area contributed by atoms with Crippen LogP contribution in [0.4, 0.5) is 0 Å². The summed E-state index contributed by atoms with van der Waals surface area (Å²) in [4.78, 5) is 33.5. The summed E-state index contributed by atoms with van der Waals surface area (Å²) in [6.45, 7) is 7.49. The number of fused-ring (bicyclic) bond motifs is 1. The summed E-state index contributed by atoms with van der Waals surface area (Å²) in [6, 6.07) is 1.21. The second-order valence-electron chi connectivity index (χ2n) is 9.50. The van der Waals surface area contributed by atoms with Crippen molar-refractivity contribution in [2.24, 2.45) is 11.8 Å². The van der Waals surface area contributed by atoms with Gasteiger partial charge in [0.1, 0.15) is 17.3 Å². The molecule has 3 rings (SSSR count). The maximum atomic E-state index is 13.4. The summed E-state index contributed by atoms with van der Waals surface area (Å²) >= 11 is 0. The zero-order valence-electron chi connectivity index (χ0n) is 19.5. The van der Waals surface area contributed by atoms with Crippen LogP contribution in [-0.2, 0) is 4.79 Å². The predicted octanol–water partition coefficient (Wildman–Crippen LogP) is 1.29. The molecule has 1 aromatic rings. The van der Waals surface area contributed by atoms with Gasteiger partial charge in [-0.3, -0.25) is 9.59 Å². The number of amides is 2. The van der Waals surface area contributed by atoms with Crippen LogP contribution >= 0.6 is 0 Å². The van der Waals surface area contributed by atoms with Gasteiger partial charge in [-0.1, -0.05) is 18.8 Å². The van der Waals surface area contributed by atoms with E-state index in [0.29, 0.717) is 18.7 Å². The van der Waals surface area contributed by atoms with Gasteiger partial charge in [0.05, 0.1) is 19.2 Å². The van der Waals surface area contributed by atoms with Crippen LogP contribution in [0.2, 0.25) is 0 Å². The summed E-state index contributed by atoms with van der Waals surface area (Å²) in [7, 11) is 1.78. The number of hydrogen-bond acceptors (Lipinski definition) is 6. The van der Waals surface area contributed by atoms with Gasteiger partial charge in [-0.25, -0.2) is 4.98 Å². The lowest BCUT2D eigenvalue weighted by Gasteiger charge is -2.37. The zero-order valence-corrected chi connectivity index (χ0v) is 19.5. The van der Waals surface area contributed by atoms with Crippen LogP contribution < -0.4 is 4.74 Å². The van der Waals surface area contributed by atoms with Crippen LogP contribution in [0.3, 0.4) is 0 Å². The smallest absolute Gasteiger partial charge is 0.259 e. The fourth-order valence-electron chi connectivity index (χ4n) is 3.62. The Kier molecular flexibility index (Phi) is 7.11. The summed E-state index contributed by atoms with van der Waals surface area (Å²) < 4.78 is 6.19. The third kappa shape index (κ3) is 5.78. The van der Waals surface area contributed by atoms with Gasteiger partial charge in [0.25, 0.3) is 5.91 Å². The SMILES string of the molecule is C[C@@H]1CN([C@@H](C)CO)C(=O)c2cc(C#CC(C)(C)O)cnc2O[C@H]1CN(C)C(=O)C1CC1. The molecule has 0 radical (unpaired) electrons. The number of aromatic nitrogens is 1. The molecule has 2 amide bonds.